The summed E-state index contributed by atoms with van der Waals surface area (Å²) in [4.78, 5) is 0. The summed E-state index contributed by atoms with van der Waals surface area (Å²) in [5.41, 5.74) is 3.44. The summed E-state index contributed by atoms with van der Waals surface area (Å²) in [6.07, 6.45) is 2.85. The lowest BCUT2D eigenvalue weighted by Gasteiger charge is -2.41. The van der Waals surface area contributed by atoms with Gasteiger partial charge in [-0.15, -0.1) is 0 Å². The number of methoxy groups -OCH3 is 4. The molecule has 0 amide bonds. The first-order chi connectivity index (χ1) is 11.9. The van der Waals surface area contributed by atoms with Crippen molar-refractivity contribution in [1.82, 2.24) is 0 Å². The van der Waals surface area contributed by atoms with E-state index in [1.165, 1.54) is 24.8 Å². The van der Waals surface area contributed by atoms with Crippen molar-refractivity contribution in [3.8, 4) is 0 Å². The molecule has 142 valence electrons. The zero-order chi connectivity index (χ0) is 18.6. The molecular weight excluding hydrogens is 316 g/mol. The van der Waals surface area contributed by atoms with Gasteiger partial charge in [0.15, 0.2) is 12.6 Å². The van der Waals surface area contributed by atoms with Crippen LogP contribution in [0.3, 0.4) is 0 Å². The molecule has 2 atom stereocenters. The van der Waals surface area contributed by atoms with E-state index in [2.05, 4.69) is 39.0 Å². The molecule has 0 saturated heterocycles. The highest BCUT2D eigenvalue weighted by Crippen LogP contribution is 2.45. The van der Waals surface area contributed by atoms with Gasteiger partial charge in [0.2, 0.25) is 0 Å². The van der Waals surface area contributed by atoms with Gasteiger partial charge >= 0.3 is 0 Å². The molecule has 4 nitrogen and oxygen atoms in total. The predicted molar refractivity (Wildman–Crippen MR) is 99.5 cm³/mol. The smallest absolute Gasteiger partial charge is 0.183 e. The standard InChI is InChI=1S/C21H34O4/c1-14-10-15(2)13-21(3,12-14)16-8-9-17(19(22-4)23-5)18(11-16)20(24-6)25-7/h8-9,11,14-15,19-20H,10,12-13H2,1-7H3. The van der Waals surface area contributed by atoms with E-state index in [0.29, 0.717) is 0 Å². The Balaban J connectivity index is 2.49. The van der Waals surface area contributed by atoms with Gasteiger partial charge in [0.1, 0.15) is 0 Å². The van der Waals surface area contributed by atoms with E-state index in [9.17, 15) is 0 Å². The zero-order valence-corrected chi connectivity index (χ0v) is 16.8. The van der Waals surface area contributed by atoms with Crippen LogP contribution >= 0.6 is 0 Å². The van der Waals surface area contributed by atoms with Crippen LogP contribution in [-0.4, -0.2) is 28.4 Å². The average Bonchev–Trinajstić information content (AvgIpc) is 2.56. The van der Waals surface area contributed by atoms with E-state index in [-0.39, 0.29) is 5.41 Å². The molecule has 1 aliphatic carbocycles. The van der Waals surface area contributed by atoms with Crippen molar-refractivity contribution in [3.05, 3.63) is 34.9 Å². The van der Waals surface area contributed by atoms with Crippen molar-refractivity contribution in [2.75, 3.05) is 28.4 Å². The van der Waals surface area contributed by atoms with Crippen molar-refractivity contribution >= 4 is 0 Å². The predicted octanol–water partition coefficient (Wildman–Crippen LogP) is 4.98. The fraction of sp³-hybridized carbons (Fsp3) is 0.714. The van der Waals surface area contributed by atoms with E-state index in [0.717, 1.165) is 23.0 Å². The molecule has 0 aromatic heterocycles. The average molecular weight is 350 g/mol. The van der Waals surface area contributed by atoms with Crippen LogP contribution in [0.5, 0.6) is 0 Å². The molecule has 0 aliphatic heterocycles. The summed E-state index contributed by atoms with van der Waals surface area (Å²) < 4.78 is 22.1. The topological polar surface area (TPSA) is 36.9 Å². The summed E-state index contributed by atoms with van der Waals surface area (Å²) in [5, 5.41) is 0. The van der Waals surface area contributed by atoms with Gasteiger partial charge in [-0.1, -0.05) is 32.9 Å². The Morgan fingerprint density at radius 3 is 1.80 bits per heavy atom. The first-order valence-electron chi connectivity index (χ1n) is 9.14. The Labute approximate surface area is 152 Å². The van der Waals surface area contributed by atoms with Gasteiger partial charge in [-0.25, -0.2) is 0 Å². The second kappa shape index (κ2) is 8.63. The van der Waals surface area contributed by atoms with Gasteiger partial charge in [0.05, 0.1) is 0 Å². The fourth-order valence-corrected chi connectivity index (χ4v) is 4.78. The monoisotopic (exact) mass is 350 g/mol. The van der Waals surface area contributed by atoms with Gasteiger partial charge in [0.25, 0.3) is 0 Å². The molecule has 1 saturated carbocycles. The summed E-state index contributed by atoms with van der Waals surface area (Å²) in [6, 6.07) is 6.54. The Morgan fingerprint density at radius 2 is 1.32 bits per heavy atom. The second-order valence-corrected chi connectivity index (χ2v) is 7.87. The zero-order valence-electron chi connectivity index (χ0n) is 16.8. The minimum Gasteiger partial charge on any atom is -0.352 e. The third-order valence-electron chi connectivity index (χ3n) is 5.55. The van der Waals surface area contributed by atoms with Crippen LogP contribution in [0, 0.1) is 11.8 Å². The molecule has 0 heterocycles. The summed E-state index contributed by atoms with van der Waals surface area (Å²) in [7, 11) is 6.61. The van der Waals surface area contributed by atoms with Crippen molar-refractivity contribution in [2.24, 2.45) is 11.8 Å². The van der Waals surface area contributed by atoms with Crippen molar-refractivity contribution in [1.29, 1.82) is 0 Å². The maximum absolute atomic E-state index is 5.55. The maximum atomic E-state index is 5.55. The van der Waals surface area contributed by atoms with Crippen LogP contribution in [0.25, 0.3) is 0 Å². The van der Waals surface area contributed by atoms with E-state index in [1.807, 2.05) is 0 Å². The van der Waals surface area contributed by atoms with Gasteiger partial charge in [-0.3, -0.25) is 0 Å². The molecule has 0 spiro atoms. The maximum Gasteiger partial charge on any atom is 0.183 e. The third-order valence-corrected chi connectivity index (χ3v) is 5.55. The lowest BCUT2D eigenvalue weighted by molar-refractivity contribution is -0.123. The molecule has 1 fully saturated rings. The van der Waals surface area contributed by atoms with Crippen LogP contribution in [-0.2, 0) is 24.4 Å². The molecular formula is C21H34O4. The molecule has 1 aromatic rings. The lowest BCUT2D eigenvalue weighted by atomic mass is 9.64. The minimum atomic E-state index is -0.440. The quantitative estimate of drug-likeness (QED) is 0.650. The Hall–Kier alpha value is -0.940. The SMILES string of the molecule is COC(OC)c1ccc(C2(C)CC(C)CC(C)C2)cc1C(OC)OC. The van der Waals surface area contributed by atoms with E-state index < -0.39 is 12.6 Å². The molecule has 4 heteroatoms. The third kappa shape index (κ3) is 4.43. The number of hydrogen-bond donors (Lipinski definition) is 0. The van der Waals surface area contributed by atoms with E-state index in [1.54, 1.807) is 28.4 Å². The Morgan fingerprint density at radius 1 is 0.840 bits per heavy atom. The summed E-state index contributed by atoms with van der Waals surface area (Å²) in [6.45, 7) is 7.11. The first kappa shape index (κ1) is 20.4. The van der Waals surface area contributed by atoms with Crippen molar-refractivity contribution in [2.45, 2.75) is 58.0 Å². The van der Waals surface area contributed by atoms with E-state index in [4.69, 9.17) is 18.9 Å². The Kier molecular flexibility index (Phi) is 7.03. The normalized spacial score (nSPS) is 27.2. The highest BCUT2D eigenvalue weighted by molar-refractivity contribution is 5.38. The molecule has 1 aliphatic rings. The molecule has 2 unspecified atom stereocenters. The van der Waals surface area contributed by atoms with Crippen LogP contribution in [0.15, 0.2) is 18.2 Å². The summed E-state index contributed by atoms with van der Waals surface area (Å²) in [5.74, 6) is 1.48. The van der Waals surface area contributed by atoms with Gasteiger partial charge in [0, 0.05) is 39.6 Å². The van der Waals surface area contributed by atoms with Crippen LogP contribution in [0.4, 0.5) is 0 Å². The molecule has 0 N–H and O–H groups in total. The fourth-order valence-electron chi connectivity index (χ4n) is 4.78. The number of benzene rings is 1. The van der Waals surface area contributed by atoms with Gasteiger partial charge in [-0.05, 0) is 48.1 Å². The van der Waals surface area contributed by atoms with Crippen molar-refractivity contribution in [3.63, 3.8) is 0 Å². The number of ether oxygens (including phenoxy) is 4. The van der Waals surface area contributed by atoms with Crippen molar-refractivity contribution < 1.29 is 18.9 Å². The molecule has 25 heavy (non-hydrogen) atoms. The van der Waals surface area contributed by atoms with Gasteiger partial charge < -0.3 is 18.9 Å². The molecule has 0 bridgehead atoms. The highest BCUT2D eigenvalue weighted by Gasteiger charge is 2.36. The lowest BCUT2D eigenvalue weighted by Crippen LogP contribution is -2.33. The van der Waals surface area contributed by atoms with Crippen LogP contribution in [0.1, 0.15) is 69.3 Å². The minimum absolute atomic E-state index is 0.173. The first-order valence-corrected chi connectivity index (χ1v) is 9.14. The molecule has 1 aromatic carbocycles. The number of hydrogen-bond acceptors (Lipinski definition) is 4. The summed E-state index contributed by atoms with van der Waals surface area (Å²) >= 11 is 0. The highest BCUT2D eigenvalue weighted by atomic mass is 16.7. The van der Waals surface area contributed by atoms with E-state index >= 15 is 0 Å². The van der Waals surface area contributed by atoms with Crippen LogP contribution < -0.4 is 0 Å². The number of rotatable bonds is 7. The van der Waals surface area contributed by atoms with Gasteiger partial charge in [-0.2, -0.15) is 0 Å². The second-order valence-electron chi connectivity index (χ2n) is 7.87. The van der Waals surface area contributed by atoms with Crippen LogP contribution in [0.2, 0.25) is 0 Å². The molecule has 0 radical (unpaired) electrons. The largest absolute Gasteiger partial charge is 0.352 e. The molecule has 2 rings (SSSR count). The Bertz CT molecular complexity index is 539.